The quantitative estimate of drug-likeness (QED) is 0.575. The second kappa shape index (κ2) is 7.63. The molecule has 0 aromatic heterocycles. The van der Waals surface area contributed by atoms with Crippen LogP contribution in [0.1, 0.15) is 13.3 Å². The van der Waals surface area contributed by atoms with E-state index in [-0.39, 0.29) is 18.9 Å². The average molecular weight is 231 g/mol. The lowest BCUT2D eigenvalue weighted by molar-refractivity contribution is -0.141. The van der Waals surface area contributed by atoms with Gasteiger partial charge in [0.2, 0.25) is 5.91 Å². The first kappa shape index (κ1) is 14.4. The Labute approximate surface area is 93.9 Å². The average Bonchev–Trinajstić information content (AvgIpc) is 2.22. The van der Waals surface area contributed by atoms with Crippen LogP contribution in [0, 0.1) is 0 Å². The first-order chi connectivity index (χ1) is 7.49. The molecule has 3 N–H and O–H groups in total. The first-order valence-corrected chi connectivity index (χ1v) is 4.88. The summed E-state index contributed by atoms with van der Waals surface area (Å²) in [6.07, 6.45) is 0.203. The van der Waals surface area contributed by atoms with Crippen molar-refractivity contribution in [3.8, 4) is 0 Å². The summed E-state index contributed by atoms with van der Waals surface area (Å²) in [5.74, 6) is -0.826. The van der Waals surface area contributed by atoms with E-state index >= 15 is 0 Å². The molecular weight excluding hydrogens is 214 g/mol. The van der Waals surface area contributed by atoms with Gasteiger partial charge in [-0.1, -0.05) is 6.92 Å². The van der Waals surface area contributed by atoms with Crippen molar-refractivity contribution in [2.45, 2.75) is 13.3 Å². The van der Waals surface area contributed by atoms with E-state index in [1.165, 1.54) is 7.11 Å². The Morgan fingerprint density at radius 2 is 2.00 bits per heavy atom. The molecule has 0 aromatic rings. The number of nitrogens with one attached hydrogen (secondary N) is 1. The molecule has 7 heteroatoms. The van der Waals surface area contributed by atoms with E-state index in [9.17, 15) is 14.4 Å². The number of hydrogen-bond donors (Lipinski definition) is 2. The van der Waals surface area contributed by atoms with Crippen molar-refractivity contribution in [3.05, 3.63) is 0 Å². The van der Waals surface area contributed by atoms with Crippen molar-refractivity contribution in [3.63, 3.8) is 0 Å². The van der Waals surface area contributed by atoms with Gasteiger partial charge < -0.3 is 10.5 Å². The molecule has 0 saturated heterocycles. The number of primary amides is 1. The van der Waals surface area contributed by atoms with Crippen molar-refractivity contribution in [1.82, 2.24) is 10.2 Å². The second-order valence-electron chi connectivity index (χ2n) is 3.11. The van der Waals surface area contributed by atoms with E-state index in [0.717, 1.165) is 0 Å². The molecule has 0 aliphatic carbocycles. The zero-order valence-corrected chi connectivity index (χ0v) is 9.49. The Morgan fingerprint density at radius 3 is 2.44 bits per heavy atom. The van der Waals surface area contributed by atoms with Crippen molar-refractivity contribution in [2.75, 3.05) is 26.7 Å². The molecule has 0 unspecified atom stereocenters. The third-order valence-corrected chi connectivity index (χ3v) is 1.94. The standard InChI is InChI=1S/C9H17N3O4/c1-3-12(5-4-8(14)16-2)6-7(13)11-9(10)15/h3-6H2,1-2H3,(H3,10,11,13,15). The molecule has 16 heavy (non-hydrogen) atoms. The van der Waals surface area contributed by atoms with Crippen LogP contribution in [0.25, 0.3) is 0 Å². The molecule has 0 aromatic carbocycles. The predicted molar refractivity (Wildman–Crippen MR) is 56.5 cm³/mol. The number of nitrogens with zero attached hydrogens (tertiary/aromatic N) is 1. The topological polar surface area (TPSA) is 102 Å². The number of carbonyl (C=O) groups excluding carboxylic acids is 3. The lowest BCUT2D eigenvalue weighted by Gasteiger charge is -2.18. The highest BCUT2D eigenvalue weighted by atomic mass is 16.5. The fourth-order valence-electron chi connectivity index (χ4n) is 1.08. The Bertz CT molecular complexity index is 267. The molecule has 0 rings (SSSR count). The number of methoxy groups -OCH3 is 1. The number of hydrogen-bond acceptors (Lipinski definition) is 5. The third kappa shape index (κ3) is 6.77. The van der Waals surface area contributed by atoms with Gasteiger partial charge in [0.25, 0.3) is 0 Å². The molecule has 0 aliphatic rings. The molecule has 3 amide bonds. The maximum atomic E-state index is 11.2. The summed E-state index contributed by atoms with van der Waals surface area (Å²) in [6.45, 7) is 2.85. The Morgan fingerprint density at radius 1 is 1.38 bits per heavy atom. The lowest BCUT2D eigenvalue weighted by atomic mass is 10.3. The van der Waals surface area contributed by atoms with Gasteiger partial charge >= 0.3 is 12.0 Å². The van der Waals surface area contributed by atoms with Crippen LogP contribution in [-0.2, 0) is 14.3 Å². The maximum absolute atomic E-state index is 11.2. The van der Waals surface area contributed by atoms with E-state index in [2.05, 4.69) is 4.74 Å². The highest BCUT2D eigenvalue weighted by molar-refractivity contribution is 5.94. The SMILES string of the molecule is CCN(CCC(=O)OC)CC(=O)NC(N)=O. The summed E-state index contributed by atoms with van der Waals surface area (Å²) >= 11 is 0. The molecule has 7 nitrogen and oxygen atoms in total. The Kier molecular flexibility index (Phi) is 6.86. The van der Waals surface area contributed by atoms with Gasteiger partial charge in [-0.3, -0.25) is 19.8 Å². The van der Waals surface area contributed by atoms with Crippen LogP contribution in [-0.4, -0.2) is 49.6 Å². The third-order valence-electron chi connectivity index (χ3n) is 1.94. The molecule has 0 fully saturated rings. The summed E-state index contributed by atoms with van der Waals surface area (Å²) in [6, 6.07) is -0.881. The highest BCUT2D eigenvalue weighted by Crippen LogP contribution is 1.93. The van der Waals surface area contributed by atoms with Gasteiger partial charge in [0.05, 0.1) is 20.1 Å². The Balaban J connectivity index is 3.95. The number of rotatable bonds is 6. The number of imide groups is 1. The number of ether oxygens (including phenoxy) is 1. The van der Waals surface area contributed by atoms with E-state index in [0.29, 0.717) is 13.1 Å². The summed E-state index contributed by atoms with van der Waals surface area (Å²) in [4.78, 5) is 34.1. The molecule has 0 bridgehead atoms. The number of amides is 3. The smallest absolute Gasteiger partial charge is 0.318 e. The van der Waals surface area contributed by atoms with Crippen LogP contribution in [0.3, 0.4) is 0 Å². The van der Waals surface area contributed by atoms with Gasteiger partial charge in [0, 0.05) is 6.54 Å². The van der Waals surface area contributed by atoms with E-state index in [1.54, 1.807) is 4.90 Å². The van der Waals surface area contributed by atoms with Gasteiger partial charge in [0.15, 0.2) is 0 Å². The van der Waals surface area contributed by atoms with Crippen LogP contribution >= 0.6 is 0 Å². The zero-order chi connectivity index (χ0) is 12.6. The van der Waals surface area contributed by atoms with Gasteiger partial charge in [-0.15, -0.1) is 0 Å². The van der Waals surface area contributed by atoms with E-state index < -0.39 is 11.9 Å². The largest absolute Gasteiger partial charge is 0.469 e. The van der Waals surface area contributed by atoms with Crippen molar-refractivity contribution >= 4 is 17.9 Å². The fourth-order valence-corrected chi connectivity index (χ4v) is 1.08. The highest BCUT2D eigenvalue weighted by Gasteiger charge is 2.11. The Hall–Kier alpha value is -1.63. The number of urea groups is 1. The zero-order valence-electron chi connectivity index (χ0n) is 9.49. The molecule has 0 heterocycles. The van der Waals surface area contributed by atoms with Crippen LogP contribution in [0.4, 0.5) is 4.79 Å². The number of carbonyl (C=O) groups is 3. The number of nitrogens with two attached hydrogens (primary N) is 1. The molecule has 0 radical (unpaired) electrons. The fraction of sp³-hybridized carbons (Fsp3) is 0.667. The van der Waals surface area contributed by atoms with Crippen LogP contribution < -0.4 is 11.1 Å². The summed E-state index contributed by atoms with van der Waals surface area (Å²) in [5, 5.41) is 1.95. The lowest BCUT2D eigenvalue weighted by Crippen LogP contribution is -2.42. The number of esters is 1. The molecule has 0 aliphatic heterocycles. The predicted octanol–water partition coefficient (Wildman–Crippen LogP) is -0.934. The minimum absolute atomic E-state index is 0.0242. The minimum atomic E-state index is -0.881. The van der Waals surface area contributed by atoms with E-state index in [1.807, 2.05) is 12.2 Å². The van der Waals surface area contributed by atoms with Crippen LogP contribution in [0.2, 0.25) is 0 Å². The molecule has 0 spiro atoms. The summed E-state index contributed by atoms with van der Waals surface area (Å²) in [5.41, 5.74) is 4.79. The molecular formula is C9H17N3O4. The second-order valence-corrected chi connectivity index (χ2v) is 3.11. The molecule has 92 valence electrons. The molecule has 0 saturated carbocycles. The van der Waals surface area contributed by atoms with Gasteiger partial charge in [-0.2, -0.15) is 0 Å². The van der Waals surface area contributed by atoms with Gasteiger partial charge in [0.1, 0.15) is 0 Å². The number of likely N-dealkylation sites (N-methyl/N-ethyl adjacent to an activating group) is 1. The van der Waals surface area contributed by atoms with Crippen molar-refractivity contribution in [1.29, 1.82) is 0 Å². The summed E-state index contributed by atoms with van der Waals surface area (Å²) in [7, 11) is 1.30. The van der Waals surface area contributed by atoms with Crippen molar-refractivity contribution in [2.24, 2.45) is 5.73 Å². The van der Waals surface area contributed by atoms with Crippen molar-refractivity contribution < 1.29 is 19.1 Å². The minimum Gasteiger partial charge on any atom is -0.469 e. The monoisotopic (exact) mass is 231 g/mol. The summed E-state index contributed by atoms with van der Waals surface area (Å²) < 4.78 is 4.47. The van der Waals surface area contributed by atoms with E-state index in [4.69, 9.17) is 5.73 Å². The van der Waals surface area contributed by atoms with Gasteiger partial charge in [-0.05, 0) is 6.54 Å². The first-order valence-electron chi connectivity index (χ1n) is 4.88. The maximum Gasteiger partial charge on any atom is 0.318 e. The van der Waals surface area contributed by atoms with Gasteiger partial charge in [-0.25, -0.2) is 4.79 Å². The normalized spacial score (nSPS) is 9.94. The van der Waals surface area contributed by atoms with Crippen LogP contribution in [0.5, 0.6) is 0 Å². The molecule has 0 atom stereocenters. The van der Waals surface area contributed by atoms with Crippen LogP contribution in [0.15, 0.2) is 0 Å².